The fourth-order valence-electron chi connectivity index (χ4n) is 3.34. The van der Waals surface area contributed by atoms with E-state index in [1.54, 1.807) is 0 Å². The van der Waals surface area contributed by atoms with Crippen molar-refractivity contribution < 1.29 is 14.6 Å². The smallest absolute Gasteiger partial charge is 0.407 e. The molecule has 5 heteroatoms. The summed E-state index contributed by atoms with van der Waals surface area (Å²) in [6.45, 7) is 1.78. The number of carbonyl (C=O) groups is 1. The third-order valence-corrected chi connectivity index (χ3v) is 4.67. The monoisotopic (exact) mass is 286 g/mol. The number of benzene rings is 1. The maximum absolute atomic E-state index is 11.0. The molecule has 2 heterocycles. The van der Waals surface area contributed by atoms with Gasteiger partial charge >= 0.3 is 6.09 Å². The van der Waals surface area contributed by atoms with Gasteiger partial charge in [0.25, 0.3) is 0 Å². The SMILES string of the molecule is N#Cc1ccc(C2COC3(CCN(C(=O)O)CC3)C2)cc1. The van der Waals surface area contributed by atoms with Crippen molar-refractivity contribution in [2.45, 2.75) is 30.8 Å². The lowest BCUT2D eigenvalue weighted by molar-refractivity contribution is -0.0394. The first kappa shape index (κ1) is 13.9. The van der Waals surface area contributed by atoms with Crippen LogP contribution in [0.25, 0.3) is 0 Å². The Bertz CT molecular complexity index is 568. The molecule has 5 nitrogen and oxygen atoms in total. The van der Waals surface area contributed by atoms with Crippen LogP contribution in [0, 0.1) is 11.3 Å². The fraction of sp³-hybridized carbons (Fsp3) is 0.500. The summed E-state index contributed by atoms with van der Waals surface area (Å²) < 4.78 is 6.05. The third-order valence-electron chi connectivity index (χ3n) is 4.67. The Balaban J connectivity index is 1.65. The lowest BCUT2D eigenvalue weighted by Gasteiger charge is -2.37. The summed E-state index contributed by atoms with van der Waals surface area (Å²) in [4.78, 5) is 12.4. The van der Waals surface area contributed by atoms with E-state index in [0.717, 1.165) is 19.3 Å². The zero-order valence-corrected chi connectivity index (χ0v) is 11.8. The molecule has 21 heavy (non-hydrogen) atoms. The number of carboxylic acid groups (broad SMARTS) is 1. The van der Waals surface area contributed by atoms with Crippen LogP contribution in [0.15, 0.2) is 24.3 Å². The molecule has 1 spiro atoms. The number of hydrogen-bond donors (Lipinski definition) is 1. The maximum atomic E-state index is 11.0. The number of hydrogen-bond acceptors (Lipinski definition) is 3. The normalized spacial score (nSPS) is 24.0. The van der Waals surface area contributed by atoms with Gasteiger partial charge in [-0.2, -0.15) is 5.26 Å². The van der Waals surface area contributed by atoms with Gasteiger partial charge in [-0.05, 0) is 37.0 Å². The molecule has 2 fully saturated rings. The molecule has 1 amide bonds. The maximum Gasteiger partial charge on any atom is 0.407 e. The van der Waals surface area contributed by atoms with E-state index in [2.05, 4.69) is 6.07 Å². The predicted octanol–water partition coefficient (Wildman–Crippen LogP) is 2.57. The largest absolute Gasteiger partial charge is 0.465 e. The Kier molecular flexibility index (Phi) is 3.56. The highest BCUT2D eigenvalue weighted by atomic mass is 16.5. The summed E-state index contributed by atoms with van der Waals surface area (Å²) in [7, 11) is 0. The molecule has 0 bridgehead atoms. The Morgan fingerprint density at radius 1 is 1.33 bits per heavy atom. The standard InChI is InChI=1S/C16H18N2O3/c17-10-12-1-3-13(4-2-12)14-9-16(21-11-14)5-7-18(8-6-16)15(19)20/h1-4,14H,5-9,11H2,(H,19,20). The Morgan fingerprint density at radius 3 is 2.57 bits per heavy atom. The topological polar surface area (TPSA) is 73.6 Å². The zero-order valence-electron chi connectivity index (χ0n) is 11.8. The van der Waals surface area contributed by atoms with Crippen LogP contribution < -0.4 is 0 Å². The second kappa shape index (κ2) is 5.38. The first-order valence-corrected chi connectivity index (χ1v) is 7.24. The summed E-state index contributed by atoms with van der Waals surface area (Å²) in [6, 6.07) is 9.80. The van der Waals surface area contributed by atoms with Gasteiger partial charge in [-0.25, -0.2) is 4.79 Å². The summed E-state index contributed by atoms with van der Waals surface area (Å²) in [5, 5.41) is 17.8. The van der Waals surface area contributed by atoms with Crippen LogP contribution in [-0.2, 0) is 4.74 Å². The lowest BCUT2D eigenvalue weighted by atomic mass is 9.83. The number of ether oxygens (including phenoxy) is 1. The predicted molar refractivity (Wildman–Crippen MR) is 76.0 cm³/mol. The number of nitriles is 1. The average molecular weight is 286 g/mol. The van der Waals surface area contributed by atoms with Crippen molar-refractivity contribution in [1.82, 2.24) is 4.90 Å². The minimum absolute atomic E-state index is 0.162. The molecule has 1 unspecified atom stereocenters. The molecule has 110 valence electrons. The van der Waals surface area contributed by atoms with Crippen LogP contribution in [0.1, 0.15) is 36.3 Å². The molecule has 1 aromatic carbocycles. The third kappa shape index (κ3) is 2.72. The average Bonchev–Trinajstić information content (AvgIpc) is 2.92. The molecule has 1 N–H and O–H groups in total. The fourth-order valence-corrected chi connectivity index (χ4v) is 3.34. The van der Waals surface area contributed by atoms with Crippen molar-refractivity contribution in [2.24, 2.45) is 0 Å². The second-order valence-electron chi connectivity index (χ2n) is 5.90. The summed E-state index contributed by atoms with van der Waals surface area (Å²) in [5.41, 5.74) is 1.71. The van der Waals surface area contributed by atoms with Gasteiger partial charge in [-0.15, -0.1) is 0 Å². The van der Waals surface area contributed by atoms with E-state index < -0.39 is 6.09 Å². The van der Waals surface area contributed by atoms with E-state index in [1.807, 2.05) is 24.3 Å². The van der Waals surface area contributed by atoms with E-state index >= 15 is 0 Å². The highest BCUT2D eigenvalue weighted by Gasteiger charge is 2.43. The number of amides is 1. The van der Waals surface area contributed by atoms with Gasteiger partial charge < -0.3 is 14.7 Å². The van der Waals surface area contributed by atoms with Crippen LogP contribution in [0.5, 0.6) is 0 Å². The molecule has 1 atom stereocenters. The van der Waals surface area contributed by atoms with Crippen LogP contribution >= 0.6 is 0 Å². The van der Waals surface area contributed by atoms with Crippen molar-refractivity contribution in [2.75, 3.05) is 19.7 Å². The number of nitrogens with zero attached hydrogens (tertiary/aromatic N) is 2. The van der Waals surface area contributed by atoms with E-state index in [0.29, 0.717) is 31.2 Å². The molecule has 0 radical (unpaired) electrons. The van der Waals surface area contributed by atoms with Gasteiger partial charge in [0.05, 0.1) is 23.8 Å². The molecular weight excluding hydrogens is 268 g/mol. The van der Waals surface area contributed by atoms with Crippen molar-refractivity contribution in [1.29, 1.82) is 5.26 Å². The Labute approximate surface area is 123 Å². The highest BCUT2D eigenvalue weighted by molar-refractivity contribution is 5.65. The second-order valence-corrected chi connectivity index (χ2v) is 5.90. The minimum atomic E-state index is -0.841. The molecule has 2 saturated heterocycles. The first-order valence-electron chi connectivity index (χ1n) is 7.24. The molecule has 2 aliphatic rings. The first-order chi connectivity index (χ1) is 10.1. The van der Waals surface area contributed by atoms with E-state index in [9.17, 15) is 4.79 Å². The summed E-state index contributed by atoms with van der Waals surface area (Å²) in [6.07, 6.45) is 1.64. The van der Waals surface area contributed by atoms with E-state index in [1.165, 1.54) is 10.5 Å². The van der Waals surface area contributed by atoms with Crippen molar-refractivity contribution in [3.63, 3.8) is 0 Å². The van der Waals surface area contributed by atoms with Crippen LogP contribution in [0.3, 0.4) is 0 Å². The van der Waals surface area contributed by atoms with Gasteiger partial charge in [0, 0.05) is 19.0 Å². The highest BCUT2D eigenvalue weighted by Crippen LogP contribution is 2.42. The van der Waals surface area contributed by atoms with Crippen molar-refractivity contribution in [3.8, 4) is 6.07 Å². The van der Waals surface area contributed by atoms with Gasteiger partial charge in [0.2, 0.25) is 0 Å². The molecule has 3 rings (SSSR count). The van der Waals surface area contributed by atoms with Crippen LogP contribution in [0.4, 0.5) is 4.79 Å². The number of rotatable bonds is 1. The van der Waals surface area contributed by atoms with Crippen molar-refractivity contribution >= 4 is 6.09 Å². The molecule has 1 aromatic rings. The molecule has 0 saturated carbocycles. The summed E-state index contributed by atoms with van der Waals surface area (Å²) in [5.74, 6) is 0.342. The molecular formula is C16H18N2O3. The van der Waals surface area contributed by atoms with Gasteiger partial charge in [0.15, 0.2) is 0 Å². The lowest BCUT2D eigenvalue weighted by Crippen LogP contribution is -2.45. The molecule has 2 aliphatic heterocycles. The van der Waals surface area contributed by atoms with Crippen LogP contribution in [0.2, 0.25) is 0 Å². The number of piperidine rings is 1. The quantitative estimate of drug-likeness (QED) is 0.861. The minimum Gasteiger partial charge on any atom is -0.465 e. The Hall–Kier alpha value is -2.06. The number of likely N-dealkylation sites (tertiary alicyclic amines) is 1. The van der Waals surface area contributed by atoms with Gasteiger partial charge in [-0.1, -0.05) is 12.1 Å². The molecule has 0 aromatic heterocycles. The van der Waals surface area contributed by atoms with Crippen LogP contribution in [-0.4, -0.2) is 41.4 Å². The van der Waals surface area contributed by atoms with Crippen molar-refractivity contribution in [3.05, 3.63) is 35.4 Å². The zero-order chi connectivity index (χ0) is 14.9. The van der Waals surface area contributed by atoms with E-state index in [-0.39, 0.29) is 5.60 Å². The summed E-state index contributed by atoms with van der Waals surface area (Å²) >= 11 is 0. The van der Waals surface area contributed by atoms with Gasteiger partial charge in [-0.3, -0.25) is 0 Å². The Morgan fingerprint density at radius 2 is 2.00 bits per heavy atom. The van der Waals surface area contributed by atoms with Gasteiger partial charge in [0.1, 0.15) is 0 Å². The van der Waals surface area contributed by atoms with E-state index in [4.69, 9.17) is 15.1 Å². The molecule has 0 aliphatic carbocycles.